The van der Waals surface area contributed by atoms with E-state index in [9.17, 15) is 9.13 Å². The number of benzene rings is 6. The minimum Gasteiger partial charge on any atom is -0.309 e. The normalized spacial score (nSPS) is 11.9. The summed E-state index contributed by atoms with van der Waals surface area (Å²) in [6.07, 6.45) is 0. The maximum Gasteiger partial charge on any atom is 0.171 e. The molecule has 0 aromatic heterocycles. The van der Waals surface area contributed by atoms with Crippen molar-refractivity contribution < 1.29 is 9.13 Å². The van der Waals surface area contributed by atoms with Gasteiger partial charge in [0.05, 0.1) is 0 Å². The molecular weight excluding hydrogens is 502 g/mol. The van der Waals surface area contributed by atoms with E-state index in [2.05, 4.69) is 0 Å². The fourth-order valence-electron chi connectivity index (χ4n) is 5.06. The van der Waals surface area contributed by atoms with Gasteiger partial charge in [-0.25, -0.2) is 0 Å². The predicted molar refractivity (Wildman–Crippen MR) is 163 cm³/mol. The zero-order chi connectivity index (χ0) is 26.0. The summed E-state index contributed by atoms with van der Waals surface area (Å²) in [6, 6.07) is 50.7. The van der Waals surface area contributed by atoms with Gasteiger partial charge < -0.3 is 9.13 Å². The third kappa shape index (κ3) is 4.17. The highest BCUT2D eigenvalue weighted by atomic mass is 31.2. The Balaban J connectivity index is 1.57. The number of rotatable bonds is 6. The van der Waals surface area contributed by atoms with Crippen LogP contribution in [-0.2, 0) is 9.13 Å². The van der Waals surface area contributed by atoms with Gasteiger partial charge in [-0.15, -0.1) is 0 Å². The molecule has 6 aromatic rings. The van der Waals surface area contributed by atoms with E-state index in [0.29, 0.717) is 0 Å². The van der Waals surface area contributed by atoms with E-state index < -0.39 is 14.3 Å². The Kier molecular flexibility index (Phi) is 6.46. The molecule has 0 N–H and O–H groups in total. The zero-order valence-electron chi connectivity index (χ0n) is 20.7. The van der Waals surface area contributed by atoms with Crippen molar-refractivity contribution in [3.8, 4) is 0 Å². The molecule has 0 heterocycles. The van der Waals surface area contributed by atoms with Gasteiger partial charge in [0.25, 0.3) is 0 Å². The van der Waals surface area contributed by atoms with Crippen LogP contribution < -0.4 is 31.8 Å². The Hall–Kier alpha value is -3.96. The van der Waals surface area contributed by atoms with Crippen LogP contribution in [0.25, 0.3) is 10.8 Å². The predicted octanol–water partition coefficient (Wildman–Crippen LogP) is 6.12. The minimum absolute atomic E-state index is 0.758. The molecule has 6 aromatic carbocycles. The van der Waals surface area contributed by atoms with Crippen LogP contribution in [-0.4, -0.2) is 0 Å². The average molecular weight is 529 g/mol. The fourth-order valence-corrected chi connectivity index (χ4v) is 10.4. The van der Waals surface area contributed by atoms with Crippen molar-refractivity contribution in [2.24, 2.45) is 0 Å². The smallest absolute Gasteiger partial charge is 0.171 e. The molecule has 0 aliphatic carbocycles. The second-order valence-electron chi connectivity index (χ2n) is 9.28. The summed E-state index contributed by atoms with van der Waals surface area (Å²) < 4.78 is 29.9. The van der Waals surface area contributed by atoms with Crippen LogP contribution in [0.15, 0.2) is 158 Å². The highest BCUT2D eigenvalue weighted by Crippen LogP contribution is 2.45. The maximum atomic E-state index is 14.9. The second-order valence-corrected chi connectivity index (χ2v) is 14.8. The lowest BCUT2D eigenvalue weighted by molar-refractivity contribution is 0.591. The molecule has 38 heavy (non-hydrogen) atoms. The number of hydrogen-bond donors (Lipinski definition) is 0. The van der Waals surface area contributed by atoms with Crippen molar-refractivity contribution in [1.82, 2.24) is 0 Å². The SMILES string of the molecule is O=P(c1ccccc1)(c1ccccc1)c1ccc2ccc(P(=O)(c3ccccc3)c3ccccc3)cc2c1. The van der Waals surface area contributed by atoms with Crippen LogP contribution in [0.5, 0.6) is 0 Å². The molecule has 0 saturated heterocycles. The summed E-state index contributed by atoms with van der Waals surface area (Å²) in [6.45, 7) is 0. The summed E-state index contributed by atoms with van der Waals surface area (Å²) in [5, 5.41) is 6.61. The summed E-state index contributed by atoms with van der Waals surface area (Å²) >= 11 is 0. The Morgan fingerprint density at radius 1 is 0.289 bits per heavy atom. The summed E-state index contributed by atoms with van der Waals surface area (Å²) in [7, 11) is -6.24. The van der Waals surface area contributed by atoms with Crippen molar-refractivity contribution in [1.29, 1.82) is 0 Å². The molecule has 0 amide bonds. The van der Waals surface area contributed by atoms with E-state index in [0.717, 1.165) is 42.6 Å². The molecule has 0 spiro atoms. The van der Waals surface area contributed by atoms with Crippen molar-refractivity contribution in [3.63, 3.8) is 0 Å². The van der Waals surface area contributed by atoms with Gasteiger partial charge in [0, 0.05) is 31.8 Å². The number of hydrogen-bond acceptors (Lipinski definition) is 2. The first kappa shape index (κ1) is 24.4. The molecule has 0 fully saturated rings. The first-order valence-corrected chi connectivity index (χ1v) is 16.0. The van der Waals surface area contributed by atoms with E-state index in [-0.39, 0.29) is 0 Å². The van der Waals surface area contributed by atoms with E-state index in [1.54, 1.807) is 0 Å². The molecule has 0 radical (unpaired) electrons. The topological polar surface area (TPSA) is 34.1 Å². The minimum atomic E-state index is -3.12. The fraction of sp³-hybridized carbons (Fsp3) is 0. The van der Waals surface area contributed by atoms with Gasteiger partial charge in [-0.2, -0.15) is 0 Å². The largest absolute Gasteiger partial charge is 0.309 e. The highest BCUT2D eigenvalue weighted by Gasteiger charge is 2.31. The van der Waals surface area contributed by atoms with Crippen LogP contribution in [0.4, 0.5) is 0 Å². The lowest BCUT2D eigenvalue weighted by Crippen LogP contribution is -2.26. The van der Waals surface area contributed by atoms with E-state index in [4.69, 9.17) is 0 Å². The zero-order valence-corrected chi connectivity index (χ0v) is 22.5. The monoisotopic (exact) mass is 528 g/mol. The molecule has 0 bridgehead atoms. The van der Waals surface area contributed by atoms with Crippen molar-refractivity contribution in [2.45, 2.75) is 0 Å². The summed E-state index contributed by atoms with van der Waals surface area (Å²) in [5.74, 6) is 0. The van der Waals surface area contributed by atoms with Gasteiger partial charge in [0.1, 0.15) is 0 Å². The highest BCUT2D eigenvalue weighted by molar-refractivity contribution is 7.85. The van der Waals surface area contributed by atoms with Crippen LogP contribution in [0.2, 0.25) is 0 Å². The Morgan fingerprint density at radius 3 is 0.868 bits per heavy atom. The van der Waals surface area contributed by atoms with Gasteiger partial charge in [-0.3, -0.25) is 0 Å². The van der Waals surface area contributed by atoms with Crippen molar-refractivity contribution in [3.05, 3.63) is 158 Å². The van der Waals surface area contributed by atoms with E-state index in [1.165, 1.54) is 0 Å². The summed E-state index contributed by atoms with van der Waals surface area (Å²) in [4.78, 5) is 0. The lowest BCUT2D eigenvalue weighted by Gasteiger charge is -2.22. The molecule has 4 heteroatoms. The van der Waals surface area contributed by atoms with E-state index in [1.807, 2.05) is 158 Å². The molecule has 2 nitrogen and oxygen atoms in total. The van der Waals surface area contributed by atoms with Gasteiger partial charge in [-0.05, 0) is 22.9 Å². The van der Waals surface area contributed by atoms with Crippen molar-refractivity contribution >= 4 is 56.9 Å². The van der Waals surface area contributed by atoms with Crippen molar-refractivity contribution in [2.75, 3.05) is 0 Å². The van der Waals surface area contributed by atoms with Gasteiger partial charge in [-0.1, -0.05) is 146 Å². The lowest BCUT2D eigenvalue weighted by atomic mass is 10.1. The molecule has 0 unspecified atom stereocenters. The van der Waals surface area contributed by atoms with Gasteiger partial charge in [0.2, 0.25) is 0 Å². The first-order chi connectivity index (χ1) is 18.6. The Bertz CT molecular complexity index is 1580. The molecule has 184 valence electrons. The standard InChI is InChI=1S/C34H26O2P2/c35-37(29-13-5-1-6-14-29,30-15-7-2-8-16-30)33-23-21-27-22-24-34(26-28(27)25-33)38(36,31-17-9-3-10-18-31)32-19-11-4-12-20-32/h1-26H. The number of fused-ring (bicyclic) bond motifs is 1. The second kappa shape index (κ2) is 10.1. The Morgan fingerprint density at radius 2 is 0.579 bits per heavy atom. The third-order valence-corrected chi connectivity index (χ3v) is 13.1. The van der Waals surface area contributed by atoms with Crippen LogP contribution in [0.1, 0.15) is 0 Å². The van der Waals surface area contributed by atoms with Crippen LogP contribution in [0, 0.1) is 0 Å². The summed E-state index contributed by atoms with van der Waals surface area (Å²) in [5.41, 5.74) is 0. The molecule has 0 saturated carbocycles. The third-order valence-electron chi connectivity index (χ3n) is 7.01. The quantitative estimate of drug-likeness (QED) is 0.244. The van der Waals surface area contributed by atoms with E-state index >= 15 is 0 Å². The maximum absolute atomic E-state index is 14.9. The molecule has 0 aliphatic rings. The van der Waals surface area contributed by atoms with Gasteiger partial charge in [0.15, 0.2) is 14.3 Å². The molecule has 0 atom stereocenters. The first-order valence-electron chi connectivity index (χ1n) is 12.6. The Labute approximate surface area is 223 Å². The van der Waals surface area contributed by atoms with Gasteiger partial charge >= 0.3 is 0 Å². The van der Waals surface area contributed by atoms with Crippen LogP contribution in [0.3, 0.4) is 0 Å². The molecule has 0 aliphatic heterocycles. The van der Waals surface area contributed by atoms with Crippen LogP contribution >= 0.6 is 14.3 Å². The average Bonchev–Trinajstić information content (AvgIpc) is 3.01. The molecular formula is C34H26O2P2. The molecule has 6 rings (SSSR count).